The van der Waals surface area contributed by atoms with Crippen molar-refractivity contribution in [2.45, 2.75) is 73.6 Å². The Morgan fingerprint density at radius 2 is 2.11 bits per heavy atom. The van der Waals surface area contributed by atoms with Crippen LogP contribution in [0.3, 0.4) is 0 Å². The van der Waals surface area contributed by atoms with Crippen molar-refractivity contribution >= 4 is 29.9 Å². The maximum Gasteiger partial charge on any atom is 0.191 e. The molecule has 0 saturated carbocycles. The van der Waals surface area contributed by atoms with Crippen molar-refractivity contribution in [2.24, 2.45) is 22.2 Å². The van der Waals surface area contributed by atoms with E-state index in [1.54, 1.807) is 0 Å². The number of ether oxygens (including phenoxy) is 1. The Bertz CT molecular complexity index is 594. The predicted molar refractivity (Wildman–Crippen MR) is 127 cm³/mol. The summed E-state index contributed by atoms with van der Waals surface area (Å²) < 4.78 is 8.30. The van der Waals surface area contributed by atoms with E-state index in [0.717, 1.165) is 44.4 Å². The fourth-order valence-corrected chi connectivity index (χ4v) is 3.78. The van der Waals surface area contributed by atoms with Gasteiger partial charge >= 0.3 is 0 Å². The van der Waals surface area contributed by atoms with E-state index < -0.39 is 0 Å². The molecule has 0 spiro atoms. The van der Waals surface area contributed by atoms with E-state index >= 15 is 0 Å². The number of hydrogen-bond donors (Lipinski definition) is 2. The predicted octanol–water partition coefficient (Wildman–Crippen LogP) is 4.05. The average Bonchev–Trinajstić information content (AvgIpc) is 3.03. The first kappa shape index (κ1) is 25.2. The Balaban J connectivity index is 0.00000392. The number of hydrogen-bond acceptors (Lipinski definition) is 3. The summed E-state index contributed by atoms with van der Waals surface area (Å²) >= 11 is 0. The third kappa shape index (κ3) is 7.89. The Labute approximate surface area is 188 Å². The molecule has 1 fully saturated rings. The number of aromatic nitrogens is 2. The molecule has 7 heteroatoms. The molecule has 0 bridgehead atoms. The molecule has 2 atom stereocenters. The second-order valence-electron chi connectivity index (χ2n) is 9.03. The molecule has 2 heterocycles. The largest absolute Gasteiger partial charge is 0.377 e. The molecule has 2 N–H and O–H groups in total. The first-order chi connectivity index (χ1) is 12.8. The lowest BCUT2D eigenvalue weighted by molar-refractivity contribution is -0.0835. The van der Waals surface area contributed by atoms with Gasteiger partial charge in [0, 0.05) is 44.6 Å². The summed E-state index contributed by atoms with van der Waals surface area (Å²) in [7, 11) is 0. The van der Waals surface area contributed by atoms with Crippen LogP contribution in [0.1, 0.15) is 60.2 Å². The topological polar surface area (TPSA) is 63.5 Å². The number of halogens is 1. The van der Waals surface area contributed by atoms with E-state index in [9.17, 15) is 0 Å². The van der Waals surface area contributed by atoms with Crippen molar-refractivity contribution in [1.82, 2.24) is 20.2 Å². The van der Waals surface area contributed by atoms with Gasteiger partial charge in [-0.25, -0.2) is 9.98 Å². The van der Waals surface area contributed by atoms with Crippen LogP contribution in [0.25, 0.3) is 0 Å². The molecule has 162 valence electrons. The number of nitrogens with one attached hydrogen (secondary N) is 2. The zero-order valence-corrected chi connectivity index (χ0v) is 20.8. The molecule has 0 aromatic carbocycles. The highest BCUT2D eigenvalue weighted by atomic mass is 127. The lowest BCUT2D eigenvalue weighted by Gasteiger charge is -2.40. The molecule has 0 amide bonds. The number of aliphatic imine (C=N–C) groups is 1. The van der Waals surface area contributed by atoms with Gasteiger partial charge in [-0.1, -0.05) is 34.6 Å². The molecule has 1 aromatic heterocycles. The fourth-order valence-electron chi connectivity index (χ4n) is 3.78. The van der Waals surface area contributed by atoms with Crippen LogP contribution in [0.2, 0.25) is 0 Å². The summed E-state index contributed by atoms with van der Waals surface area (Å²) in [6, 6.07) is 0. The highest BCUT2D eigenvalue weighted by Gasteiger charge is 2.35. The highest BCUT2D eigenvalue weighted by Crippen LogP contribution is 2.33. The van der Waals surface area contributed by atoms with E-state index in [1.807, 2.05) is 12.4 Å². The van der Waals surface area contributed by atoms with Crippen LogP contribution >= 0.6 is 24.0 Å². The van der Waals surface area contributed by atoms with E-state index in [1.165, 1.54) is 6.42 Å². The molecular weight excluding hydrogens is 465 g/mol. The maximum atomic E-state index is 6.11. The maximum absolute atomic E-state index is 6.11. The van der Waals surface area contributed by atoms with Gasteiger partial charge in [-0.05, 0) is 31.1 Å². The van der Waals surface area contributed by atoms with E-state index in [4.69, 9.17) is 9.73 Å². The van der Waals surface area contributed by atoms with Crippen LogP contribution in [0.5, 0.6) is 0 Å². The van der Waals surface area contributed by atoms with Crippen molar-refractivity contribution in [1.29, 1.82) is 0 Å². The SMILES string of the molecule is CCNC(=NCc1nccn1CC(C)C)NCC1CCCOC1C(C)(C)C.I. The van der Waals surface area contributed by atoms with Crippen LogP contribution < -0.4 is 10.6 Å². The lowest BCUT2D eigenvalue weighted by atomic mass is 9.78. The van der Waals surface area contributed by atoms with Crippen molar-refractivity contribution in [3.05, 3.63) is 18.2 Å². The number of guanidine groups is 1. The van der Waals surface area contributed by atoms with Crippen LogP contribution in [0, 0.1) is 17.3 Å². The Hall–Kier alpha value is -0.830. The second-order valence-corrected chi connectivity index (χ2v) is 9.03. The highest BCUT2D eigenvalue weighted by molar-refractivity contribution is 14.0. The molecule has 6 nitrogen and oxygen atoms in total. The van der Waals surface area contributed by atoms with Gasteiger partial charge in [0.2, 0.25) is 0 Å². The molecule has 1 saturated heterocycles. The quantitative estimate of drug-likeness (QED) is 0.334. The van der Waals surface area contributed by atoms with Crippen LogP contribution in [0.15, 0.2) is 17.4 Å². The van der Waals surface area contributed by atoms with Crippen molar-refractivity contribution < 1.29 is 4.74 Å². The van der Waals surface area contributed by atoms with Crippen molar-refractivity contribution in [2.75, 3.05) is 19.7 Å². The first-order valence-electron chi connectivity index (χ1n) is 10.4. The molecule has 1 aromatic rings. The summed E-state index contributed by atoms with van der Waals surface area (Å²) in [5.74, 6) is 2.96. The summed E-state index contributed by atoms with van der Waals surface area (Å²) in [5.41, 5.74) is 0.157. The Morgan fingerprint density at radius 1 is 1.36 bits per heavy atom. The number of imidazole rings is 1. The van der Waals surface area contributed by atoms with Gasteiger partial charge in [0.1, 0.15) is 12.4 Å². The third-order valence-electron chi connectivity index (χ3n) is 4.92. The molecular formula is C21H40IN5O. The van der Waals surface area contributed by atoms with Gasteiger partial charge in [0.15, 0.2) is 5.96 Å². The first-order valence-corrected chi connectivity index (χ1v) is 10.4. The summed E-state index contributed by atoms with van der Waals surface area (Å²) in [6.45, 7) is 17.5. The van der Waals surface area contributed by atoms with Crippen LogP contribution in [-0.2, 0) is 17.8 Å². The molecule has 2 rings (SSSR count). The van der Waals surface area contributed by atoms with Crippen molar-refractivity contribution in [3.63, 3.8) is 0 Å². The minimum absolute atomic E-state index is 0. The average molecular weight is 505 g/mol. The summed E-state index contributed by atoms with van der Waals surface area (Å²) in [6.07, 6.45) is 6.53. The lowest BCUT2D eigenvalue weighted by Crippen LogP contribution is -2.47. The van der Waals surface area contributed by atoms with Crippen LogP contribution in [-0.4, -0.2) is 41.3 Å². The molecule has 1 aliphatic rings. The third-order valence-corrected chi connectivity index (χ3v) is 4.92. The van der Waals surface area contributed by atoms with Gasteiger partial charge in [-0.3, -0.25) is 0 Å². The Morgan fingerprint density at radius 3 is 2.75 bits per heavy atom. The van der Waals surface area contributed by atoms with E-state index in [-0.39, 0.29) is 35.5 Å². The zero-order chi connectivity index (χ0) is 19.9. The molecule has 1 aliphatic heterocycles. The van der Waals surface area contributed by atoms with Gasteiger partial charge in [0.25, 0.3) is 0 Å². The monoisotopic (exact) mass is 505 g/mol. The smallest absolute Gasteiger partial charge is 0.191 e. The normalized spacial score (nSPS) is 20.8. The van der Waals surface area contributed by atoms with Gasteiger partial charge in [-0.15, -0.1) is 24.0 Å². The minimum Gasteiger partial charge on any atom is -0.377 e. The Kier molecular flexibility index (Phi) is 10.8. The second kappa shape index (κ2) is 12.0. The summed E-state index contributed by atoms with van der Waals surface area (Å²) in [5, 5.41) is 6.90. The molecule has 28 heavy (non-hydrogen) atoms. The van der Waals surface area contributed by atoms with Crippen LogP contribution in [0.4, 0.5) is 0 Å². The number of nitrogens with zero attached hydrogens (tertiary/aromatic N) is 3. The number of rotatable bonds is 7. The molecule has 2 unspecified atom stereocenters. The minimum atomic E-state index is 0. The zero-order valence-electron chi connectivity index (χ0n) is 18.5. The standard InChI is InChI=1S/C21H39N5O.HI/c1-7-22-20(25-14-18-23-10-11-26(18)15-16(2)3)24-13-17-9-8-12-27-19(17)21(4,5)6;/h10-11,16-17,19H,7-9,12-15H2,1-6H3,(H2,22,24,25);1H. The van der Waals surface area contributed by atoms with Crippen molar-refractivity contribution in [3.8, 4) is 0 Å². The van der Waals surface area contributed by atoms with Gasteiger partial charge in [0.05, 0.1) is 6.10 Å². The molecule has 0 radical (unpaired) electrons. The van der Waals surface area contributed by atoms with E-state index in [2.05, 4.69) is 61.7 Å². The van der Waals surface area contributed by atoms with E-state index in [0.29, 0.717) is 18.4 Å². The van der Waals surface area contributed by atoms with Gasteiger partial charge < -0.3 is 19.9 Å². The van der Waals surface area contributed by atoms with Gasteiger partial charge in [-0.2, -0.15) is 0 Å². The summed E-state index contributed by atoms with van der Waals surface area (Å²) in [4.78, 5) is 9.24. The fraction of sp³-hybridized carbons (Fsp3) is 0.810. The molecule has 0 aliphatic carbocycles.